The average molecular weight is 236 g/mol. The minimum absolute atomic E-state index is 0.0877. The zero-order chi connectivity index (χ0) is 11.9. The highest BCUT2D eigenvalue weighted by atomic mass is 32.2. The van der Waals surface area contributed by atoms with Gasteiger partial charge < -0.3 is 5.32 Å². The molecule has 0 bridgehead atoms. The van der Waals surface area contributed by atoms with Crippen LogP contribution in [0.4, 0.5) is 0 Å². The molecule has 2 N–H and O–H groups in total. The van der Waals surface area contributed by atoms with Crippen LogP contribution in [0.5, 0.6) is 0 Å². The minimum Gasteiger partial charge on any atom is -0.354 e. The Morgan fingerprint density at radius 3 is 2.40 bits per heavy atom. The van der Waals surface area contributed by atoms with Crippen LogP contribution in [0.25, 0.3) is 0 Å². The van der Waals surface area contributed by atoms with Gasteiger partial charge in [0.1, 0.15) is 0 Å². The highest BCUT2D eigenvalue weighted by Gasteiger charge is 2.09. The molecule has 0 rings (SSSR count). The van der Waals surface area contributed by atoms with E-state index in [-0.39, 0.29) is 30.7 Å². The number of hydrogen-bond acceptors (Lipinski definition) is 3. The number of carbonyl (C=O) groups excluding carboxylic acids is 1. The summed E-state index contributed by atoms with van der Waals surface area (Å²) in [7, 11) is -3.19. The Morgan fingerprint density at radius 2 is 1.93 bits per heavy atom. The number of nitrogens with one attached hydrogen (secondary N) is 2. The molecule has 6 heteroatoms. The van der Waals surface area contributed by atoms with Gasteiger partial charge in [-0.3, -0.25) is 4.79 Å². The van der Waals surface area contributed by atoms with Crippen LogP contribution in [0.3, 0.4) is 0 Å². The molecule has 0 fully saturated rings. The Hall–Kier alpha value is -0.620. The Balaban J connectivity index is 3.75. The Labute approximate surface area is 91.7 Å². The molecule has 0 aromatic rings. The molecule has 90 valence electrons. The first-order valence-corrected chi connectivity index (χ1v) is 6.79. The van der Waals surface area contributed by atoms with Crippen molar-refractivity contribution in [3.8, 4) is 0 Å². The predicted molar refractivity (Wildman–Crippen MR) is 60.0 cm³/mol. The third-order valence-corrected chi connectivity index (χ3v) is 3.19. The summed E-state index contributed by atoms with van der Waals surface area (Å²) in [6.45, 7) is 5.68. The molecule has 0 atom stereocenters. The van der Waals surface area contributed by atoms with Crippen LogP contribution in [0, 0.1) is 0 Å². The van der Waals surface area contributed by atoms with Crippen LogP contribution in [0.15, 0.2) is 0 Å². The third kappa shape index (κ3) is 8.38. The lowest BCUT2D eigenvalue weighted by Crippen LogP contribution is -2.34. The smallest absolute Gasteiger partial charge is 0.221 e. The molecule has 0 aromatic carbocycles. The molecule has 0 aliphatic rings. The van der Waals surface area contributed by atoms with Crippen molar-refractivity contribution in [2.75, 3.05) is 12.3 Å². The average Bonchev–Trinajstić information content (AvgIpc) is 2.01. The fourth-order valence-electron chi connectivity index (χ4n) is 1.06. The van der Waals surface area contributed by atoms with Gasteiger partial charge in [-0.15, -0.1) is 0 Å². The van der Waals surface area contributed by atoms with Crippen molar-refractivity contribution in [1.29, 1.82) is 0 Å². The van der Waals surface area contributed by atoms with Gasteiger partial charge in [0.15, 0.2) is 0 Å². The molecular weight excluding hydrogens is 216 g/mol. The van der Waals surface area contributed by atoms with Gasteiger partial charge in [0.25, 0.3) is 0 Å². The van der Waals surface area contributed by atoms with Gasteiger partial charge in [0.05, 0.1) is 5.75 Å². The third-order valence-electron chi connectivity index (χ3n) is 1.60. The molecule has 15 heavy (non-hydrogen) atoms. The molecule has 5 nitrogen and oxygen atoms in total. The Kier molecular flexibility index (Phi) is 6.51. The lowest BCUT2D eigenvalue weighted by Gasteiger charge is -2.08. The second-order valence-electron chi connectivity index (χ2n) is 3.69. The predicted octanol–water partition coefficient (Wildman–Crippen LogP) is 0.231. The SMILES string of the molecule is CCCS(=O)(=O)NCCC(=O)NC(C)C. The second kappa shape index (κ2) is 6.79. The van der Waals surface area contributed by atoms with Crippen LogP contribution in [0.1, 0.15) is 33.6 Å². The molecule has 0 unspecified atom stereocenters. The minimum atomic E-state index is -3.19. The first kappa shape index (κ1) is 14.4. The molecule has 0 spiro atoms. The van der Waals surface area contributed by atoms with Gasteiger partial charge >= 0.3 is 0 Å². The summed E-state index contributed by atoms with van der Waals surface area (Å²) in [5.74, 6) is -0.0251. The molecule has 0 saturated carbocycles. The fourth-order valence-corrected chi connectivity index (χ4v) is 2.15. The topological polar surface area (TPSA) is 75.3 Å². The highest BCUT2D eigenvalue weighted by Crippen LogP contribution is 1.89. The van der Waals surface area contributed by atoms with Gasteiger partial charge in [-0.1, -0.05) is 6.92 Å². The fraction of sp³-hybridized carbons (Fsp3) is 0.889. The van der Waals surface area contributed by atoms with Crippen LogP contribution in [0.2, 0.25) is 0 Å². The van der Waals surface area contributed by atoms with Crippen LogP contribution in [-0.2, 0) is 14.8 Å². The second-order valence-corrected chi connectivity index (χ2v) is 5.61. The van der Waals surface area contributed by atoms with E-state index < -0.39 is 10.0 Å². The van der Waals surface area contributed by atoms with E-state index in [4.69, 9.17) is 0 Å². The Morgan fingerprint density at radius 1 is 1.33 bits per heavy atom. The molecular formula is C9H20N2O3S. The van der Waals surface area contributed by atoms with Gasteiger partial charge in [-0.2, -0.15) is 0 Å². The molecule has 0 aromatic heterocycles. The quantitative estimate of drug-likeness (QED) is 0.664. The molecule has 1 amide bonds. The monoisotopic (exact) mass is 236 g/mol. The Bertz CT molecular complexity index is 286. The summed E-state index contributed by atoms with van der Waals surface area (Å²) < 4.78 is 24.8. The molecule has 0 saturated heterocycles. The number of sulfonamides is 1. The summed E-state index contributed by atoms with van der Waals surface area (Å²) in [6, 6.07) is 0.0877. The summed E-state index contributed by atoms with van der Waals surface area (Å²) in [4.78, 5) is 11.2. The van der Waals surface area contributed by atoms with Crippen molar-refractivity contribution in [3.05, 3.63) is 0 Å². The van der Waals surface area contributed by atoms with Crippen molar-refractivity contribution >= 4 is 15.9 Å². The van der Waals surface area contributed by atoms with E-state index in [0.29, 0.717) is 6.42 Å². The number of hydrogen-bond donors (Lipinski definition) is 2. The van der Waals surface area contributed by atoms with E-state index in [2.05, 4.69) is 10.0 Å². The van der Waals surface area contributed by atoms with Gasteiger partial charge in [0.2, 0.25) is 15.9 Å². The van der Waals surface area contributed by atoms with E-state index in [1.165, 1.54) is 0 Å². The van der Waals surface area contributed by atoms with E-state index in [1.807, 2.05) is 13.8 Å². The molecule has 0 aliphatic heterocycles. The first-order chi connectivity index (χ1) is 6.87. The lowest BCUT2D eigenvalue weighted by atomic mass is 10.3. The molecule has 0 radical (unpaired) electrons. The van der Waals surface area contributed by atoms with E-state index >= 15 is 0 Å². The number of carbonyl (C=O) groups is 1. The van der Waals surface area contributed by atoms with Gasteiger partial charge in [-0.05, 0) is 20.3 Å². The van der Waals surface area contributed by atoms with Crippen molar-refractivity contribution < 1.29 is 13.2 Å². The largest absolute Gasteiger partial charge is 0.354 e. The summed E-state index contributed by atoms with van der Waals surface area (Å²) in [5.41, 5.74) is 0. The van der Waals surface area contributed by atoms with Crippen molar-refractivity contribution in [3.63, 3.8) is 0 Å². The van der Waals surface area contributed by atoms with Crippen LogP contribution < -0.4 is 10.0 Å². The summed E-state index contributed by atoms with van der Waals surface area (Å²) >= 11 is 0. The number of amides is 1. The number of rotatable bonds is 7. The van der Waals surface area contributed by atoms with E-state index in [9.17, 15) is 13.2 Å². The van der Waals surface area contributed by atoms with E-state index in [0.717, 1.165) is 0 Å². The maximum Gasteiger partial charge on any atom is 0.221 e. The molecule has 0 aliphatic carbocycles. The van der Waals surface area contributed by atoms with Crippen LogP contribution in [-0.4, -0.2) is 32.7 Å². The maximum absolute atomic E-state index is 11.2. The van der Waals surface area contributed by atoms with E-state index in [1.54, 1.807) is 6.92 Å². The summed E-state index contributed by atoms with van der Waals surface area (Å²) in [6.07, 6.45) is 0.759. The van der Waals surface area contributed by atoms with Gasteiger partial charge in [0, 0.05) is 19.0 Å². The van der Waals surface area contributed by atoms with Crippen LogP contribution >= 0.6 is 0 Å². The molecule has 0 heterocycles. The normalized spacial score (nSPS) is 11.7. The summed E-state index contributed by atoms with van der Waals surface area (Å²) in [5, 5.41) is 2.69. The zero-order valence-corrected chi connectivity index (χ0v) is 10.4. The first-order valence-electron chi connectivity index (χ1n) is 5.14. The highest BCUT2D eigenvalue weighted by molar-refractivity contribution is 7.89. The maximum atomic E-state index is 11.2. The zero-order valence-electron chi connectivity index (χ0n) is 9.54. The van der Waals surface area contributed by atoms with Crippen molar-refractivity contribution in [1.82, 2.24) is 10.0 Å². The van der Waals surface area contributed by atoms with Crippen molar-refractivity contribution in [2.24, 2.45) is 0 Å². The standard InChI is InChI=1S/C9H20N2O3S/c1-4-7-15(13,14)10-6-5-9(12)11-8(2)3/h8,10H,4-7H2,1-3H3,(H,11,12). The lowest BCUT2D eigenvalue weighted by molar-refractivity contribution is -0.121. The van der Waals surface area contributed by atoms with Gasteiger partial charge in [-0.25, -0.2) is 13.1 Å². The van der Waals surface area contributed by atoms with Crippen molar-refractivity contribution in [2.45, 2.75) is 39.7 Å².